The van der Waals surface area contributed by atoms with Gasteiger partial charge in [0.2, 0.25) is 0 Å². The standard InChI is InChI=1S/C22H32O5/c1-21-10-18-17(27-18)8-13(21)3-4-14-15-7-12(11-26-6-5-23)20(25)22(15,2)9-16(24)19(14)21/h12-15,17-19,23H,3-11H2,1-2H3. The van der Waals surface area contributed by atoms with E-state index in [0.717, 1.165) is 25.7 Å². The van der Waals surface area contributed by atoms with Crippen molar-refractivity contribution in [2.45, 2.75) is 64.6 Å². The normalized spacial score (nSPS) is 53.4. The Hall–Kier alpha value is -0.780. The van der Waals surface area contributed by atoms with Crippen molar-refractivity contribution in [1.29, 1.82) is 0 Å². The van der Waals surface area contributed by atoms with Gasteiger partial charge in [-0.15, -0.1) is 0 Å². The second kappa shape index (κ2) is 6.11. The molecule has 9 atom stereocenters. The highest BCUT2D eigenvalue weighted by molar-refractivity contribution is 5.96. The van der Waals surface area contributed by atoms with Gasteiger partial charge in [0, 0.05) is 23.7 Å². The lowest BCUT2D eigenvalue weighted by molar-refractivity contribution is -0.158. The van der Waals surface area contributed by atoms with E-state index in [-0.39, 0.29) is 36.2 Å². The average Bonchev–Trinajstić information content (AvgIpc) is 3.31. The van der Waals surface area contributed by atoms with Crippen LogP contribution >= 0.6 is 0 Å². The Morgan fingerprint density at radius 1 is 1.19 bits per heavy atom. The van der Waals surface area contributed by atoms with Gasteiger partial charge in [-0.05, 0) is 55.3 Å². The minimum Gasteiger partial charge on any atom is -0.394 e. The molecule has 0 aromatic heterocycles. The third-order valence-corrected chi connectivity index (χ3v) is 9.02. The zero-order valence-electron chi connectivity index (χ0n) is 16.5. The number of aliphatic hydroxyl groups is 1. The van der Waals surface area contributed by atoms with Gasteiger partial charge in [-0.3, -0.25) is 9.59 Å². The third-order valence-electron chi connectivity index (χ3n) is 9.02. The monoisotopic (exact) mass is 376 g/mol. The molecule has 0 spiro atoms. The van der Waals surface area contributed by atoms with E-state index in [1.54, 1.807) is 0 Å². The molecule has 0 amide bonds. The van der Waals surface area contributed by atoms with Crippen LogP contribution in [0.25, 0.3) is 0 Å². The number of fused-ring (bicyclic) bond motifs is 6. The van der Waals surface area contributed by atoms with Crippen LogP contribution < -0.4 is 0 Å². The van der Waals surface area contributed by atoms with E-state index in [1.165, 1.54) is 6.42 Å². The zero-order chi connectivity index (χ0) is 19.0. The van der Waals surface area contributed by atoms with Crippen LogP contribution in [0.3, 0.4) is 0 Å². The summed E-state index contributed by atoms with van der Waals surface area (Å²) in [7, 11) is 0. The highest BCUT2D eigenvalue weighted by atomic mass is 16.6. The summed E-state index contributed by atoms with van der Waals surface area (Å²) in [5, 5.41) is 8.95. The lowest BCUT2D eigenvalue weighted by atomic mass is 9.45. The van der Waals surface area contributed by atoms with Crippen LogP contribution in [0.15, 0.2) is 0 Å². The van der Waals surface area contributed by atoms with E-state index < -0.39 is 5.41 Å². The Labute approximate surface area is 161 Å². The molecule has 5 heteroatoms. The maximum atomic E-state index is 13.4. The van der Waals surface area contributed by atoms with Crippen molar-refractivity contribution in [3.05, 3.63) is 0 Å². The van der Waals surface area contributed by atoms with Gasteiger partial charge in [0.15, 0.2) is 0 Å². The quantitative estimate of drug-likeness (QED) is 0.602. The van der Waals surface area contributed by atoms with Gasteiger partial charge in [-0.1, -0.05) is 13.8 Å². The van der Waals surface area contributed by atoms with E-state index in [4.69, 9.17) is 14.6 Å². The van der Waals surface area contributed by atoms with Crippen molar-refractivity contribution in [2.24, 2.45) is 40.4 Å². The third kappa shape index (κ3) is 2.54. The summed E-state index contributed by atoms with van der Waals surface area (Å²) < 4.78 is 11.3. The molecule has 9 unspecified atom stereocenters. The van der Waals surface area contributed by atoms with Gasteiger partial charge in [0.25, 0.3) is 0 Å². The molecule has 5 aliphatic rings. The van der Waals surface area contributed by atoms with Crippen molar-refractivity contribution in [3.63, 3.8) is 0 Å². The Kier molecular flexibility index (Phi) is 4.13. The van der Waals surface area contributed by atoms with E-state index in [1.807, 2.05) is 6.92 Å². The first kappa shape index (κ1) is 18.3. The molecule has 150 valence electrons. The summed E-state index contributed by atoms with van der Waals surface area (Å²) in [5.74, 6) is 1.76. The fraction of sp³-hybridized carbons (Fsp3) is 0.909. The maximum absolute atomic E-state index is 13.4. The van der Waals surface area contributed by atoms with Gasteiger partial charge in [0.05, 0.1) is 32.0 Å². The van der Waals surface area contributed by atoms with Crippen molar-refractivity contribution in [2.75, 3.05) is 19.8 Å². The van der Waals surface area contributed by atoms with Gasteiger partial charge in [-0.2, -0.15) is 0 Å². The molecular formula is C22H32O5. The molecule has 1 heterocycles. The van der Waals surface area contributed by atoms with Crippen LogP contribution in [0.1, 0.15) is 52.4 Å². The maximum Gasteiger partial charge on any atom is 0.144 e. The Morgan fingerprint density at radius 2 is 2.00 bits per heavy atom. The number of ether oxygens (including phenoxy) is 2. The molecule has 0 aromatic carbocycles. The first-order valence-corrected chi connectivity index (χ1v) is 10.8. The molecule has 1 N–H and O–H groups in total. The first-order valence-electron chi connectivity index (χ1n) is 10.8. The number of hydrogen-bond donors (Lipinski definition) is 1. The van der Waals surface area contributed by atoms with E-state index in [2.05, 4.69) is 6.92 Å². The lowest BCUT2D eigenvalue weighted by Crippen LogP contribution is -2.57. The van der Waals surface area contributed by atoms with Gasteiger partial charge in [-0.25, -0.2) is 0 Å². The molecule has 0 radical (unpaired) electrons. The number of carbonyl (C=O) groups excluding carboxylic acids is 2. The number of rotatable bonds is 4. The zero-order valence-corrected chi connectivity index (χ0v) is 16.5. The molecule has 4 saturated carbocycles. The smallest absolute Gasteiger partial charge is 0.144 e. The number of hydrogen-bond acceptors (Lipinski definition) is 5. The van der Waals surface area contributed by atoms with E-state index in [9.17, 15) is 9.59 Å². The second-order valence-electron chi connectivity index (χ2n) is 10.3. The molecule has 5 rings (SSSR count). The molecular weight excluding hydrogens is 344 g/mol. The average molecular weight is 376 g/mol. The summed E-state index contributed by atoms with van der Waals surface area (Å²) >= 11 is 0. The molecule has 4 aliphatic carbocycles. The summed E-state index contributed by atoms with van der Waals surface area (Å²) in [6.45, 7) is 5.02. The van der Waals surface area contributed by atoms with E-state index >= 15 is 0 Å². The SMILES string of the molecule is CC12CC(=O)C3C(CCC4CC5OC5CC43C)C1CC(COCCO)C2=O. The fourth-order valence-corrected chi connectivity index (χ4v) is 7.73. The second-order valence-corrected chi connectivity index (χ2v) is 10.3. The predicted octanol–water partition coefficient (Wildman–Crippen LogP) is 2.39. The summed E-state index contributed by atoms with van der Waals surface area (Å²) in [5.41, 5.74) is -0.463. The Balaban J connectivity index is 1.42. The van der Waals surface area contributed by atoms with Crippen LogP contribution in [0.2, 0.25) is 0 Å². The Morgan fingerprint density at radius 3 is 2.78 bits per heavy atom. The molecule has 0 aromatic rings. The fourth-order valence-electron chi connectivity index (χ4n) is 7.73. The topological polar surface area (TPSA) is 76.1 Å². The number of ketones is 2. The van der Waals surface area contributed by atoms with Crippen LogP contribution in [0.5, 0.6) is 0 Å². The molecule has 5 fully saturated rings. The number of epoxide rings is 1. The van der Waals surface area contributed by atoms with Crippen LogP contribution in [-0.2, 0) is 19.1 Å². The minimum atomic E-state index is -0.512. The summed E-state index contributed by atoms with van der Waals surface area (Å²) in [6, 6.07) is 0. The highest BCUT2D eigenvalue weighted by Gasteiger charge is 2.67. The van der Waals surface area contributed by atoms with Gasteiger partial charge >= 0.3 is 0 Å². The van der Waals surface area contributed by atoms with Crippen molar-refractivity contribution < 1.29 is 24.2 Å². The summed E-state index contributed by atoms with van der Waals surface area (Å²) in [4.78, 5) is 26.6. The van der Waals surface area contributed by atoms with Crippen molar-refractivity contribution >= 4 is 11.6 Å². The predicted molar refractivity (Wildman–Crippen MR) is 97.9 cm³/mol. The van der Waals surface area contributed by atoms with Crippen molar-refractivity contribution in [3.8, 4) is 0 Å². The highest BCUT2D eigenvalue weighted by Crippen LogP contribution is 2.66. The van der Waals surface area contributed by atoms with Gasteiger partial charge in [0.1, 0.15) is 11.6 Å². The van der Waals surface area contributed by atoms with Crippen molar-refractivity contribution in [1.82, 2.24) is 0 Å². The number of Topliss-reactive ketones (excluding diaryl/α,β-unsaturated/α-hetero) is 2. The van der Waals surface area contributed by atoms with Crippen LogP contribution in [0.4, 0.5) is 0 Å². The molecule has 1 saturated heterocycles. The van der Waals surface area contributed by atoms with Crippen LogP contribution in [0, 0.1) is 40.4 Å². The largest absolute Gasteiger partial charge is 0.394 e. The molecule has 5 nitrogen and oxygen atoms in total. The molecule has 1 aliphatic heterocycles. The number of aliphatic hydroxyl groups excluding tert-OH is 1. The molecule has 0 bridgehead atoms. The van der Waals surface area contributed by atoms with Crippen LogP contribution in [-0.4, -0.2) is 48.7 Å². The first-order chi connectivity index (χ1) is 12.9. The molecule has 27 heavy (non-hydrogen) atoms. The minimum absolute atomic E-state index is 0.0191. The van der Waals surface area contributed by atoms with E-state index in [0.29, 0.717) is 48.8 Å². The van der Waals surface area contributed by atoms with Gasteiger partial charge < -0.3 is 14.6 Å². The lowest BCUT2D eigenvalue weighted by Gasteiger charge is -2.57. The summed E-state index contributed by atoms with van der Waals surface area (Å²) in [6.07, 6.45) is 6.46. The Bertz CT molecular complexity index is 661. The number of carbonyl (C=O) groups is 2.